The number of hydrogen-bond acceptors (Lipinski definition) is 3. The third kappa shape index (κ3) is 3.67. The zero-order chi connectivity index (χ0) is 16.3. The summed E-state index contributed by atoms with van der Waals surface area (Å²) in [5.41, 5.74) is 1.81. The molecule has 0 saturated carbocycles. The molecule has 0 amide bonds. The molecule has 1 heterocycles. The van der Waals surface area contributed by atoms with E-state index in [4.69, 9.17) is 4.74 Å². The molecule has 0 aliphatic carbocycles. The van der Waals surface area contributed by atoms with Crippen LogP contribution in [0.25, 0.3) is 0 Å². The van der Waals surface area contributed by atoms with E-state index in [0.717, 1.165) is 6.42 Å². The van der Waals surface area contributed by atoms with Crippen molar-refractivity contribution in [3.05, 3.63) is 60.2 Å². The van der Waals surface area contributed by atoms with Crippen molar-refractivity contribution in [2.24, 2.45) is 0 Å². The molecule has 5 heteroatoms. The SMILES string of the molecule is CC1CN(S(=O)(=O)CCCc2ccccc2)c2ccccc2O1. The minimum absolute atomic E-state index is 0.142. The number of rotatable bonds is 5. The number of aryl methyl sites for hydroxylation is 1. The monoisotopic (exact) mass is 331 g/mol. The van der Waals surface area contributed by atoms with Crippen LogP contribution in [0.3, 0.4) is 0 Å². The molecule has 0 saturated heterocycles. The summed E-state index contributed by atoms with van der Waals surface area (Å²) in [7, 11) is -3.35. The number of anilines is 1. The van der Waals surface area contributed by atoms with E-state index >= 15 is 0 Å². The highest BCUT2D eigenvalue weighted by atomic mass is 32.2. The molecule has 0 radical (unpaired) electrons. The second-order valence-electron chi connectivity index (χ2n) is 5.83. The number of ether oxygens (including phenoxy) is 1. The maximum Gasteiger partial charge on any atom is 0.235 e. The van der Waals surface area contributed by atoms with Crippen molar-refractivity contribution < 1.29 is 13.2 Å². The van der Waals surface area contributed by atoms with Gasteiger partial charge in [-0.1, -0.05) is 42.5 Å². The van der Waals surface area contributed by atoms with Gasteiger partial charge in [-0.3, -0.25) is 4.31 Å². The fourth-order valence-corrected chi connectivity index (χ4v) is 4.44. The Morgan fingerprint density at radius 1 is 1.09 bits per heavy atom. The number of para-hydroxylation sites is 2. The molecule has 0 bridgehead atoms. The maximum atomic E-state index is 12.8. The molecule has 1 unspecified atom stereocenters. The third-order valence-electron chi connectivity index (χ3n) is 3.93. The molecule has 23 heavy (non-hydrogen) atoms. The van der Waals surface area contributed by atoms with Gasteiger partial charge in [0.25, 0.3) is 0 Å². The highest BCUT2D eigenvalue weighted by Crippen LogP contribution is 2.35. The summed E-state index contributed by atoms with van der Waals surface area (Å²) in [5.74, 6) is 0.779. The lowest BCUT2D eigenvalue weighted by Crippen LogP contribution is -2.43. The summed E-state index contributed by atoms with van der Waals surface area (Å²) < 4.78 is 32.7. The predicted molar refractivity (Wildman–Crippen MR) is 92.4 cm³/mol. The van der Waals surface area contributed by atoms with Gasteiger partial charge in [0.15, 0.2) is 0 Å². The summed E-state index contributed by atoms with van der Waals surface area (Å²) in [4.78, 5) is 0. The second kappa shape index (κ2) is 6.62. The Bertz CT molecular complexity index is 759. The lowest BCUT2D eigenvalue weighted by Gasteiger charge is -2.34. The van der Waals surface area contributed by atoms with Crippen LogP contribution in [0.15, 0.2) is 54.6 Å². The van der Waals surface area contributed by atoms with E-state index in [1.54, 1.807) is 6.07 Å². The van der Waals surface area contributed by atoms with Crippen LogP contribution < -0.4 is 9.04 Å². The van der Waals surface area contributed by atoms with E-state index < -0.39 is 10.0 Å². The Labute approximate surface area is 137 Å². The number of nitrogens with zero attached hydrogens (tertiary/aromatic N) is 1. The molecule has 0 aromatic heterocycles. The summed E-state index contributed by atoms with van der Waals surface area (Å²) in [6, 6.07) is 17.3. The first-order valence-corrected chi connectivity index (χ1v) is 9.47. The zero-order valence-corrected chi connectivity index (χ0v) is 14.0. The quantitative estimate of drug-likeness (QED) is 0.845. The molecule has 122 valence electrons. The third-order valence-corrected chi connectivity index (χ3v) is 5.75. The van der Waals surface area contributed by atoms with Crippen LogP contribution in [0.4, 0.5) is 5.69 Å². The van der Waals surface area contributed by atoms with Gasteiger partial charge in [0.05, 0.1) is 18.0 Å². The van der Waals surface area contributed by atoms with Crippen molar-refractivity contribution in [2.45, 2.75) is 25.9 Å². The van der Waals surface area contributed by atoms with Gasteiger partial charge in [0.1, 0.15) is 11.9 Å². The summed E-state index contributed by atoms with van der Waals surface area (Å²) in [5, 5.41) is 0. The molecule has 0 N–H and O–H groups in total. The Balaban J connectivity index is 1.72. The van der Waals surface area contributed by atoms with Crippen molar-refractivity contribution in [3.63, 3.8) is 0 Å². The van der Waals surface area contributed by atoms with E-state index in [-0.39, 0.29) is 11.9 Å². The van der Waals surface area contributed by atoms with E-state index in [2.05, 4.69) is 0 Å². The standard InChI is InChI=1S/C18H21NO3S/c1-15-14-19(17-11-5-6-12-18(17)22-15)23(20,21)13-7-10-16-8-3-2-4-9-16/h2-6,8-9,11-12,15H,7,10,13-14H2,1H3. The highest BCUT2D eigenvalue weighted by molar-refractivity contribution is 7.92. The van der Waals surface area contributed by atoms with Gasteiger partial charge in [-0.05, 0) is 37.5 Å². The lowest BCUT2D eigenvalue weighted by atomic mass is 10.1. The first-order chi connectivity index (χ1) is 11.1. The normalized spacial score (nSPS) is 17.4. The van der Waals surface area contributed by atoms with Crippen LogP contribution in [0.5, 0.6) is 5.75 Å². The van der Waals surface area contributed by atoms with Crippen LogP contribution in [-0.4, -0.2) is 26.8 Å². The van der Waals surface area contributed by atoms with Crippen molar-refractivity contribution in [3.8, 4) is 5.75 Å². The number of benzene rings is 2. The summed E-state index contributed by atoms with van der Waals surface area (Å²) in [6.45, 7) is 2.26. The molecule has 1 aliphatic heterocycles. The van der Waals surface area contributed by atoms with Gasteiger partial charge in [0, 0.05) is 0 Å². The van der Waals surface area contributed by atoms with E-state index in [9.17, 15) is 8.42 Å². The molecule has 0 fully saturated rings. The van der Waals surface area contributed by atoms with Crippen molar-refractivity contribution in [2.75, 3.05) is 16.6 Å². The minimum Gasteiger partial charge on any atom is -0.487 e. The molecule has 1 atom stereocenters. The number of sulfonamides is 1. The van der Waals surface area contributed by atoms with Crippen LogP contribution in [0.1, 0.15) is 18.9 Å². The van der Waals surface area contributed by atoms with Gasteiger partial charge in [-0.25, -0.2) is 8.42 Å². The Kier molecular flexibility index (Phi) is 4.57. The Morgan fingerprint density at radius 2 is 1.78 bits per heavy atom. The van der Waals surface area contributed by atoms with Crippen LogP contribution in [-0.2, 0) is 16.4 Å². The Morgan fingerprint density at radius 3 is 2.57 bits per heavy atom. The van der Waals surface area contributed by atoms with Gasteiger partial charge in [0.2, 0.25) is 10.0 Å². The first-order valence-electron chi connectivity index (χ1n) is 7.86. The topological polar surface area (TPSA) is 46.6 Å². The van der Waals surface area contributed by atoms with Crippen molar-refractivity contribution >= 4 is 15.7 Å². The van der Waals surface area contributed by atoms with E-state index in [1.165, 1.54) is 9.87 Å². The lowest BCUT2D eigenvalue weighted by molar-refractivity contribution is 0.219. The maximum absolute atomic E-state index is 12.8. The fraction of sp³-hybridized carbons (Fsp3) is 0.333. The summed E-state index contributed by atoms with van der Waals surface area (Å²) >= 11 is 0. The van der Waals surface area contributed by atoms with Crippen molar-refractivity contribution in [1.82, 2.24) is 0 Å². The highest BCUT2D eigenvalue weighted by Gasteiger charge is 2.30. The molecule has 2 aromatic rings. The average molecular weight is 331 g/mol. The van der Waals surface area contributed by atoms with E-state index in [0.29, 0.717) is 24.4 Å². The minimum atomic E-state index is -3.35. The molecule has 4 nitrogen and oxygen atoms in total. The number of hydrogen-bond donors (Lipinski definition) is 0. The fourth-order valence-electron chi connectivity index (χ4n) is 2.83. The van der Waals surface area contributed by atoms with Gasteiger partial charge >= 0.3 is 0 Å². The van der Waals surface area contributed by atoms with Crippen LogP contribution >= 0.6 is 0 Å². The molecule has 2 aromatic carbocycles. The van der Waals surface area contributed by atoms with Gasteiger partial charge in [-0.15, -0.1) is 0 Å². The van der Waals surface area contributed by atoms with Crippen LogP contribution in [0, 0.1) is 0 Å². The largest absolute Gasteiger partial charge is 0.487 e. The number of fused-ring (bicyclic) bond motifs is 1. The second-order valence-corrected chi connectivity index (χ2v) is 7.85. The summed E-state index contributed by atoms with van der Waals surface area (Å²) in [6.07, 6.45) is 1.23. The van der Waals surface area contributed by atoms with Crippen LogP contribution in [0.2, 0.25) is 0 Å². The molecular weight excluding hydrogens is 310 g/mol. The van der Waals surface area contributed by atoms with Crippen molar-refractivity contribution in [1.29, 1.82) is 0 Å². The predicted octanol–water partition coefficient (Wildman–Crippen LogP) is 3.24. The zero-order valence-electron chi connectivity index (χ0n) is 13.2. The molecule has 0 spiro atoms. The molecule has 1 aliphatic rings. The smallest absolute Gasteiger partial charge is 0.235 e. The average Bonchev–Trinajstić information content (AvgIpc) is 2.55. The van der Waals surface area contributed by atoms with E-state index in [1.807, 2.05) is 55.5 Å². The molecular formula is C18H21NO3S. The van der Waals surface area contributed by atoms with Gasteiger partial charge < -0.3 is 4.74 Å². The Hall–Kier alpha value is -2.01. The first kappa shape index (κ1) is 15.9. The molecule has 3 rings (SSSR count). The van der Waals surface area contributed by atoms with Gasteiger partial charge in [-0.2, -0.15) is 0 Å².